The number of hydrogen-bond acceptors (Lipinski definition) is 6. The molecular formula is C37H58O6. The van der Waals surface area contributed by atoms with E-state index >= 15 is 0 Å². The van der Waals surface area contributed by atoms with Gasteiger partial charge in [-0.15, -0.1) is 0 Å². The lowest BCUT2D eigenvalue weighted by atomic mass is 9.75. The Balaban J connectivity index is 1.74. The van der Waals surface area contributed by atoms with Gasteiger partial charge >= 0.3 is 11.9 Å². The van der Waals surface area contributed by atoms with Crippen LogP contribution in [0.2, 0.25) is 0 Å². The van der Waals surface area contributed by atoms with Gasteiger partial charge in [-0.1, -0.05) is 84.7 Å². The highest BCUT2D eigenvalue weighted by molar-refractivity contribution is 5.96. The van der Waals surface area contributed by atoms with Crippen LogP contribution in [0.25, 0.3) is 0 Å². The number of hydrogen-bond donors (Lipinski definition) is 0. The van der Waals surface area contributed by atoms with E-state index < -0.39 is 41.3 Å². The molecule has 2 saturated carbocycles. The molecule has 242 valence electrons. The van der Waals surface area contributed by atoms with Gasteiger partial charge in [0.25, 0.3) is 0 Å². The molecule has 0 unspecified atom stereocenters. The summed E-state index contributed by atoms with van der Waals surface area (Å²) in [4.78, 5) is 29.0. The summed E-state index contributed by atoms with van der Waals surface area (Å²) in [5, 5.41) is 0. The summed E-state index contributed by atoms with van der Waals surface area (Å²) in [6, 6.07) is 9.68. The first-order valence-electron chi connectivity index (χ1n) is 16.9. The van der Waals surface area contributed by atoms with Crippen molar-refractivity contribution in [2.75, 3.05) is 0 Å². The predicted octanol–water partition coefficient (Wildman–Crippen LogP) is 8.32. The van der Waals surface area contributed by atoms with E-state index in [-0.39, 0.29) is 24.0 Å². The average Bonchev–Trinajstić information content (AvgIpc) is 3.13. The molecule has 1 heterocycles. The second-order valence-corrected chi connectivity index (χ2v) is 15.6. The van der Waals surface area contributed by atoms with Gasteiger partial charge in [0.15, 0.2) is 12.2 Å². The zero-order valence-electron chi connectivity index (χ0n) is 28.4. The SMILES string of the molecule is CC(C)[C@@H]1CC[C@@H](C)C[C@H]1OC(=O)C(C(=O)O[C@@H]1C[C@H](C)CC[C@H]1C(C)C)[C@@H](c1ccccc1)C1OC(C)(C)C(C)(C)O1. The highest BCUT2D eigenvalue weighted by atomic mass is 16.7. The summed E-state index contributed by atoms with van der Waals surface area (Å²) in [7, 11) is 0. The molecule has 6 heteroatoms. The molecule has 1 aliphatic heterocycles. The second-order valence-electron chi connectivity index (χ2n) is 15.6. The zero-order chi connectivity index (χ0) is 31.7. The Morgan fingerprint density at radius 1 is 0.721 bits per heavy atom. The van der Waals surface area contributed by atoms with Crippen LogP contribution in [-0.2, 0) is 28.5 Å². The Bertz CT molecular complexity index is 1020. The number of ether oxygens (including phenoxy) is 4. The molecule has 0 N–H and O–H groups in total. The molecule has 1 aromatic rings. The minimum Gasteiger partial charge on any atom is -0.461 e. The van der Waals surface area contributed by atoms with E-state index in [9.17, 15) is 9.59 Å². The first kappa shape index (κ1) is 34.0. The quantitative estimate of drug-likeness (QED) is 0.210. The molecule has 4 rings (SSSR count). The number of benzene rings is 1. The predicted molar refractivity (Wildman–Crippen MR) is 169 cm³/mol. The third-order valence-electron chi connectivity index (χ3n) is 11.1. The molecule has 1 saturated heterocycles. The lowest BCUT2D eigenvalue weighted by molar-refractivity contribution is -0.185. The fourth-order valence-electron chi connectivity index (χ4n) is 7.55. The monoisotopic (exact) mass is 598 g/mol. The fraction of sp³-hybridized carbons (Fsp3) is 0.784. The van der Waals surface area contributed by atoms with E-state index in [2.05, 4.69) is 41.5 Å². The fourth-order valence-corrected chi connectivity index (χ4v) is 7.55. The van der Waals surface area contributed by atoms with Crippen molar-refractivity contribution < 1.29 is 28.5 Å². The highest BCUT2D eigenvalue weighted by Gasteiger charge is 2.56. The molecule has 0 amide bonds. The van der Waals surface area contributed by atoms with E-state index in [1.807, 2.05) is 58.0 Å². The molecule has 0 spiro atoms. The normalized spacial score (nSPS) is 31.7. The molecular weight excluding hydrogens is 540 g/mol. The van der Waals surface area contributed by atoms with Crippen molar-refractivity contribution in [1.82, 2.24) is 0 Å². The van der Waals surface area contributed by atoms with Crippen molar-refractivity contribution in [3.05, 3.63) is 35.9 Å². The van der Waals surface area contributed by atoms with Gasteiger partial charge in [0, 0.05) is 0 Å². The molecule has 3 fully saturated rings. The number of carbonyl (C=O) groups is 2. The number of carbonyl (C=O) groups excluding carboxylic acids is 2. The second kappa shape index (κ2) is 13.6. The van der Waals surface area contributed by atoms with Crippen LogP contribution in [0.15, 0.2) is 30.3 Å². The highest BCUT2D eigenvalue weighted by Crippen LogP contribution is 2.47. The third kappa shape index (κ3) is 7.66. The van der Waals surface area contributed by atoms with Crippen LogP contribution in [0.1, 0.15) is 119 Å². The molecule has 1 aromatic carbocycles. The first-order valence-corrected chi connectivity index (χ1v) is 16.9. The Morgan fingerprint density at radius 2 is 1.14 bits per heavy atom. The van der Waals surface area contributed by atoms with Gasteiger partial charge in [-0.3, -0.25) is 9.59 Å². The van der Waals surface area contributed by atoms with Crippen LogP contribution in [0.3, 0.4) is 0 Å². The minimum absolute atomic E-state index is 0.237. The molecule has 2 aliphatic carbocycles. The molecule has 43 heavy (non-hydrogen) atoms. The number of esters is 2. The Labute approximate surface area is 261 Å². The van der Waals surface area contributed by atoms with Gasteiger partial charge in [0.2, 0.25) is 0 Å². The van der Waals surface area contributed by atoms with E-state index in [4.69, 9.17) is 18.9 Å². The summed E-state index contributed by atoms with van der Waals surface area (Å²) in [5.74, 6) is -0.804. The summed E-state index contributed by atoms with van der Waals surface area (Å²) in [6.07, 6.45) is 4.59. The summed E-state index contributed by atoms with van der Waals surface area (Å²) < 4.78 is 26.0. The van der Waals surface area contributed by atoms with E-state index in [1.54, 1.807) is 0 Å². The molecule has 0 bridgehead atoms. The van der Waals surface area contributed by atoms with Crippen LogP contribution in [0, 0.1) is 41.4 Å². The Kier molecular flexibility index (Phi) is 10.7. The molecule has 0 aromatic heterocycles. The van der Waals surface area contributed by atoms with Crippen molar-refractivity contribution in [1.29, 1.82) is 0 Å². The van der Waals surface area contributed by atoms with Crippen LogP contribution in [0.4, 0.5) is 0 Å². The van der Waals surface area contributed by atoms with Crippen molar-refractivity contribution >= 4 is 11.9 Å². The average molecular weight is 599 g/mol. The summed E-state index contributed by atoms with van der Waals surface area (Å²) in [6.45, 7) is 21.2. The zero-order valence-corrected chi connectivity index (χ0v) is 28.4. The minimum atomic E-state index is -1.22. The van der Waals surface area contributed by atoms with E-state index in [0.717, 1.165) is 44.1 Å². The number of rotatable bonds is 9. The maximum atomic E-state index is 14.5. The third-order valence-corrected chi connectivity index (χ3v) is 11.1. The van der Waals surface area contributed by atoms with Crippen LogP contribution in [0.5, 0.6) is 0 Å². The molecule has 6 nitrogen and oxygen atoms in total. The van der Waals surface area contributed by atoms with Gasteiger partial charge in [-0.2, -0.15) is 0 Å². The van der Waals surface area contributed by atoms with Crippen molar-refractivity contribution in [2.24, 2.45) is 41.4 Å². The Hall–Kier alpha value is -1.92. The van der Waals surface area contributed by atoms with Gasteiger partial charge < -0.3 is 18.9 Å². The van der Waals surface area contributed by atoms with Gasteiger partial charge in [0.05, 0.1) is 17.1 Å². The van der Waals surface area contributed by atoms with Crippen LogP contribution in [-0.4, -0.2) is 41.6 Å². The largest absolute Gasteiger partial charge is 0.461 e. The van der Waals surface area contributed by atoms with Crippen molar-refractivity contribution in [3.63, 3.8) is 0 Å². The molecule has 3 aliphatic rings. The standard InChI is InChI=1S/C37H58O6/c1-22(2)27-18-16-24(5)20-29(27)40-33(38)32(34(39)41-30-21-25(6)17-19-28(30)23(3)4)31(26-14-12-11-13-15-26)35-42-36(7,8)37(9,10)43-35/h11-15,22-25,27-32,35H,16-21H2,1-10H3/t24-,25-,27+,28+,29-,30-,31-/m1/s1. The van der Waals surface area contributed by atoms with Gasteiger partial charge in [-0.25, -0.2) is 0 Å². The first-order chi connectivity index (χ1) is 20.1. The maximum absolute atomic E-state index is 14.5. The lowest BCUT2D eigenvalue weighted by Gasteiger charge is -2.39. The summed E-state index contributed by atoms with van der Waals surface area (Å²) >= 11 is 0. The van der Waals surface area contributed by atoms with E-state index in [1.165, 1.54) is 0 Å². The smallest absolute Gasteiger partial charge is 0.321 e. The molecule has 0 radical (unpaired) electrons. The maximum Gasteiger partial charge on any atom is 0.321 e. The Morgan fingerprint density at radius 3 is 1.53 bits per heavy atom. The lowest BCUT2D eigenvalue weighted by Crippen LogP contribution is -2.45. The molecule has 7 atom stereocenters. The van der Waals surface area contributed by atoms with Crippen LogP contribution >= 0.6 is 0 Å². The van der Waals surface area contributed by atoms with E-state index in [0.29, 0.717) is 23.7 Å². The van der Waals surface area contributed by atoms with Crippen molar-refractivity contribution in [3.8, 4) is 0 Å². The van der Waals surface area contributed by atoms with Gasteiger partial charge in [-0.05, 0) is 94.4 Å². The topological polar surface area (TPSA) is 71.1 Å². The van der Waals surface area contributed by atoms with Gasteiger partial charge in [0.1, 0.15) is 12.2 Å². The van der Waals surface area contributed by atoms with Crippen molar-refractivity contribution in [2.45, 2.75) is 143 Å². The summed E-state index contributed by atoms with van der Waals surface area (Å²) in [5.41, 5.74) is -0.465. The van der Waals surface area contributed by atoms with Crippen LogP contribution < -0.4 is 0 Å².